The van der Waals surface area contributed by atoms with Crippen LogP contribution in [-0.2, 0) is 11.4 Å². The van der Waals surface area contributed by atoms with Crippen molar-refractivity contribution in [1.29, 1.82) is 0 Å². The summed E-state index contributed by atoms with van der Waals surface area (Å²) in [4.78, 5) is 20.7. The van der Waals surface area contributed by atoms with Crippen molar-refractivity contribution >= 4 is 11.6 Å². The first-order valence-corrected chi connectivity index (χ1v) is 10.1. The Morgan fingerprint density at radius 2 is 1.43 bits per heavy atom. The molecule has 1 aliphatic heterocycles. The number of amides is 1. The van der Waals surface area contributed by atoms with Crippen molar-refractivity contribution < 1.29 is 14.3 Å². The van der Waals surface area contributed by atoms with Crippen molar-refractivity contribution in [3.8, 4) is 11.5 Å². The van der Waals surface area contributed by atoms with Gasteiger partial charge in [0.25, 0.3) is 5.91 Å². The highest BCUT2D eigenvalue weighted by atomic mass is 16.5. The molecule has 0 N–H and O–H groups in total. The van der Waals surface area contributed by atoms with Gasteiger partial charge in [-0.05, 0) is 42.0 Å². The Labute approximate surface area is 176 Å². The Hall–Kier alpha value is -3.54. The maximum atomic E-state index is 12.5. The van der Waals surface area contributed by atoms with Gasteiger partial charge in [-0.3, -0.25) is 9.78 Å². The smallest absolute Gasteiger partial charge is 0.260 e. The van der Waals surface area contributed by atoms with Gasteiger partial charge in [0.1, 0.15) is 18.1 Å². The average Bonchev–Trinajstić information content (AvgIpc) is 2.83. The molecule has 3 aromatic rings. The van der Waals surface area contributed by atoms with E-state index in [4.69, 9.17) is 9.47 Å². The second-order valence-corrected chi connectivity index (χ2v) is 7.11. The number of carbonyl (C=O) groups excluding carboxylic acids is 1. The van der Waals surface area contributed by atoms with Crippen LogP contribution < -0.4 is 14.4 Å². The zero-order valence-corrected chi connectivity index (χ0v) is 16.8. The summed E-state index contributed by atoms with van der Waals surface area (Å²) in [7, 11) is 0. The minimum Gasteiger partial charge on any atom is -0.489 e. The van der Waals surface area contributed by atoms with Crippen LogP contribution in [0.25, 0.3) is 0 Å². The van der Waals surface area contributed by atoms with E-state index in [1.165, 1.54) is 0 Å². The van der Waals surface area contributed by atoms with E-state index in [9.17, 15) is 4.79 Å². The van der Waals surface area contributed by atoms with E-state index in [1.807, 2.05) is 71.6 Å². The lowest BCUT2D eigenvalue weighted by atomic mass is 10.2. The van der Waals surface area contributed by atoms with Crippen molar-refractivity contribution in [1.82, 2.24) is 9.88 Å². The molecular weight excluding hydrogens is 378 g/mol. The van der Waals surface area contributed by atoms with Gasteiger partial charge in [0, 0.05) is 44.3 Å². The Morgan fingerprint density at radius 3 is 2.10 bits per heavy atom. The highest BCUT2D eigenvalue weighted by molar-refractivity contribution is 5.78. The minimum absolute atomic E-state index is 0.00813. The third kappa shape index (κ3) is 5.29. The van der Waals surface area contributed by atoms with E-state index in [2.05, 4.69) is 9.88 Å². The van der Waals surface area contributed by atoms with Gasteiger partial charge in [0.2, 0.25) is 0 Å². The Balaban J connectivity index is 1.20. The second kappa shape index (κ2) is 9.78. The molecule has 0 unspecified atom stereocenters. The Kier molecular flexibility index (Phi) is 6.44. The molecule has 30 heavy (non-hydrogen) atoms. The lowest BCUT2D eigenvalue weighted by Crippen LogP contribution is -2.50. The summed E-state index contributed by atoms with van der Waals surface area (Å²) in [5, 5.41) is 0. The minimum atomic E-state index is 0.00813. The van der Waals surface area contributed by atoms with E-state index in [-0.39, 0.29) is 12.5 Å². The number of anilines is 1. The maximum absolute atomic E-state index is 12.5. The monoisotopic (exact) mass is 403 g/mol. The molecule has 2 aromatic carbocycles. The molecular formula is C24H25N3O3. The van der Waals surface area contributed by atoms with Gasteiger partial charge in [0.15, 0.2) is 6.61 Å². The lowest BCUT2D eigenvalue weighted by Gasteiger charge is -2.36. The summed E-state index contributed by atoms with van der Waals surface area (Å²) < 4.78 is 11.5. The molecule has 0 atom stereocenters. The van der Waals surface area contributed by atoms with Crippen molar-refractivity contribution in [3.05, 3.63) is 84.7 Å². The van der Waals surface area contributed by atoms with E-state index in [1.54, 1.807) is 12.4 Å². The quantitative estimate of drug-likeness (QED) is 0.605. The number of hydrogen-bond donors (Lipinski definition) is 0. The molecule has 0 bridgehead atoms. The normalized spacial score (nSPS) is 13.7. The number of carbonyl (C=O) groups is 1. The topological polar surface area (TPSA) is 54.9 Å². The molecule has 2 heterocycles. The maximum Gasteiger partial charge on any atom is 0.260 e. The first-order valence-electron chi connectivity index (χ1n) is 10.1. The molecule has 154 valence electrons. The molecule has 0 radical (unpaired) electrons. The Morgan fingerprint density at radius 1 is 0.800 bits per heavy atom. The largest absolute Gasteiger partial charge is 0.489 e. The molecule has 1 aromatic heterocycles. The Bertz CT molecular complexity index is 925. The first kappa shape index (κ1) is 19.8. The van der Waals surface area contributed by atoms with Gasteiger partial charge in [-0.25, -0.2) is 0 Å². The van der Waals surface area contributed by atoms with Crippen molar-refractivity contribution in [3.63, 3.8) is 0 Å². The number of aromatic nitrogens is 1. The average molecular weight is 403 g/mol. The van der Waals surface area contributed by atoms with Crippen LogP contribution in [0.3, 0.4) is 0 Å². The van der Waals surface area contributed by atoms with Crippen LogP contribution in [0.5, 0.6) is 11.5 Å². The van der Waals surface area contributed by atoms with Crippen LogP contribution >= 0.6 is 0 Å². The summed E-state index contributed by atoms with van der Waals surface area (Å²) in [5.41, 5.74) is 2.26. The summed E-state index contributed by atoms with van der Waals surface area (Å²) in [6.45, 7) is 3.56. The molecule has 1 amide bonds. The predicted molar refractivity (Wildman–Crippen MR) is 116 cm³/mol. The van der Waals surface area contributed by atoms with E-state index < -0.39 is 0 Å². The molecule has 0 aliphatic carbocycles. The second-order valence-electron chi connectivity index (χ2n) is 7.11. The molecule has 1 saturated heterocycles. The number of piperazine rings is 1. The van der Waals surface area contributed by atoms with Crippen LogP contribution in [0.4, 0.5) is 5.69 Å². The van der Waals surface area contributed by atoms with E-state index >= 15 is 0 Å². The summed E-state index contributed by atoms with van der Waals surface area (Å²) in [6.07, 6.45) is 3.58. The van der Waals surface area contributed by atoms with Crippen molar-refractivity contribution in [2.45, 2.75) is 6.61 Å². The van der Waals surface area contributed by atoms with Crippen molar-refractivity contribution in [2.75, 3.05) is 37.7 Å². The van der Waals surface area contributed by atoms with Crippen LogP contribution in [0.15, 0.2) is 79.1 Å². The molecule has 0 spiro atoms. The first-order chi connectivity index (χ1) is 14.8. The zero-order chi connectivity index (χ0) is 20.6. The number of nitrogens with zero attached hydrogens (tertiary/aromatic N) is 3. The number of hydrogen-bond acceptors (Lipinski definition) is 5. The van der Waals surface area contributed by atoms with Gasteiger partial charge in [0.05, 0.1) is 0 Å². The predicted octanol–water partition coefficient (Wildman–Crippen LogP) is 3.39. The fourth-order valence-electron chi connectivity index (χ4n) is 3.38. The summed E-state index contributed by atoms with van der Waals surface area (Å²) in [5.74, 6) is 1.43. The number of pyridine rings is 1. The zero-order valence-electron chi connectivity index (χ0n) is 16.8. The number of rotatable bonds is 7. The van der Waals surface area contributed by atoms with Gasteiger partial charge in [-0.1, -0.05) is 30.3 Å². The molecule has 6 heteroatoms. The highest BCUT2D eigenvalue weighted by Gasteiger charge is 2.21. The van der Waals surface area contributed by atoms with E-state index in [0.717, 1.165) is 30.1 Å². The van der Waals surface area contributed by atoms with Crippen LogP contribution in [0.1, 0.15) is 5.56 Å². The van der Waals surface area contributed by atoms with Gasteiger partial charge in [-0.15, -0.1) is 0 Å². The van der Waals surface area contributed by atoms with Crippen LogP contribution in [-0.4, -0.2) is 48.6 Å². The van der Waals surface area contributed by atoms with Crippen LogP contribution in [0.2, 0.25) is 0 Å². The number of benzene rings is 2. The lowest BCUT2D eigenvalue weighted by molar-refractivity contribution is -0.133. The van der Waals surface area contributed by atoms with Crippen molar-refractivity contribution in [2.24, 2.45) is 0 Å². The highest BCUT2D eigenvalue weighted by Crippen LogP contribution is 2.19. The third-order valence-electron chi connectivity index (χ3n) is 5.09. The SMILES string of the molecule is O=C(COc1ccc(OCc2ccccc2)cc1)N1CCN(c2ccncc2)CC1. The fraction of sp³-hybridized carbons (Fsp3) is 0.250. The van der Waals surface area contributed by atoms with Crippen LogP contribution in [0, 0.1) is 0 Å². The molecule has 1 aliphatic rings. The molecule has 6 nitrogen and oxygen atoms in total. The third-order valence-corrected chi connectivity index (χ3v) is 5.09. The van der Waals surface area contributed by atoms with Gasteiger partial charge < -0.3 is 19.3 Å². The molecule has 4 rings (SSSR count). The molecule has 0 saturated carbocycles. The molecule has 1 fully saturated rings. The van der Waals surface area contributed by atoms with E-state index in [0.29, 0.717) is 25.4 Å². The number of ether oxygens (including phenoxy) is 2. The fourth-order valence-corrected chi connectivity index (χ4v) is 3.38. The summed E-state index contributed by atoms with van der Waals surface area (Å²) in [6, 6.07) is 21.4. The van der Waals surface area contributed by atoms with Gasteiger partial charge >= 0.3 is 0 Å². The standard InChI is InChI=1S/C24H25N3O3/c28-24(27-16-14-26(15-17-27)21-10-12-25-13-11-21)19-30-23-8-6-22(7-9-23)29-18-20-4-2-1-3-5-20/h1-13H,14-19H2. The van der Waals surface area contributed by atoms with Gasteiger partial charge in [-0.2, -0.15) is 0 Å². The summed E-state index contributed by atoms with van der Waals surface area (Å²) >= 11 is 0.